The van der Waals surface area contributed by atoms with E-state index in [9.17, 15) is 4.79 Å². The van der Waals surface area contributed by atoms with Crippen LogP contribution in [0.15, 0.2) is 18.2 Å². The molecule has 1 amide bonds. The molecule has 0 heterocycles. The maximum Gasteiger partial charge on any atom is 0.251 e. The minimum absolute atomic E-state index is 0.00114. The molecule has 1 aliphatic carbocycles. The molecule has 1 aliphatic rings. The number of aryl methyl sites for hydroxylation is 1. The van der Waals surface area contributed by atoms with Crippen LogP contribution in [0.4, 0.5) is 0 Å². The lowest BCUT2D eigenvalue weighted by Crippen LogP contribution is -2.52. The largest absolute Gasteiger partial charge is 0.346 e. The van der Waals surface area contributed by atoms with Crippen molar-refractivity contribution in [3.8, 4) is 0 Å². The Balaban J connectivity index is 2.11. The monoisotopic (exact) mass is 357 g/mol. The van der Waals surface area contributed by atoms with Gasteiger partial charge in [0.25, 0.3) is 5.91 Å². The summed E-state index contributed by atoms with van der Waals surface area (Å²) in [7, 11) is 0. The zero-order valence-electron chi connectivity index (χ0n) is 12.0. The summed E-state index contributed by atoms with van der Waals surface area (Å²) in [4.78, 5) is 12.4. The van der Waals surface area contributed by atoms with Crippen molar-refractivity contribution in [2.24, 2.45) is 5.92 Å². The summed E-state index contributed by atoms with van der Waals surface area (Å²) in [5.74, 6) is 0.760. The predicted molar refractivity (Wildman–Crippen MR) is 87.8 cm³/mol. The maximum atomic E-state index is 12.4. The number of carbonyl (C=O) groups is 1. The Labute approximate surface area is 134 Å². The third kappa shape index (κ3) is 3.56. The molecule has 20 heavy (non-hydrogen) atoms. The average Bonchev–Trinajstić information content (AvgIpc) is 2.44. The number of amides is 1. The average molecular weight is 359 g/mol. The van der Waals surface area contributed by atoms with Crippen molar-refractivity contribution < 1.29 is 4.79 Å². The van der Waals surface area contributed by atoms with Crippen LogP contribution in [0.5, 0.6) is 0 Å². The first-order valence-electron chi connectivity index (χ1n) is 7.10. The number of hydrogen-bond acceptors (Lipinski definition) is 1. The van der Waals surface area contributed by atoms with Gasteiger partial charge in [-0.15, -0.1) is 0 Å². The van der Waals surface area contributed by atoms with E-state index in [2.05, 4.69) is 28.2 Å². The van der Waals surface area contributed by atoms with Crippen molar-refractivity contribution in [1.29, 1.82) is 0 Å². The first kappa shape index (κ1) is 15.8. The van der Waals surface area contributed by atoms with Gasteiger partial charge in [-0.25, -0.2) is 0 Å². The lowest BCUT2D eigenvalue weighted by atomic mass is 9.78. The van der Waals surface area contributed by atoms with Gasteiger partial charge in [0.1, 0.15) is 0 Å². The minimum atomic E-state index is -0.100. The number of hydrogen-bond donors (Lipinski definition) is 1. The van der Waals surface area contributed by atoms with Gasteiger partial charge in [-0.1, -0.05) is 34.5 Å². The standard InChI is InChI=1S/C16H21BrClNO/c1-11-5-7-16(10-17,8-6-11)19-15(20)13-3-4-14(18)12(2)9-13/h3-4,9,11H,5-8,10H2,1-2H3,(H,19,20). The van der Waals surface area contributed by atoms with Gasteiger partial charge in [0.05, 0.1) is 5.54 Å². The number of rotatable bonds is 3. The smallest absolute Gasteiger partial charge is 0.251 e. The van der Waals surface area contributed by atoms with Gasteiger partial charge in [0.15, 0.2) is 0 Å². The fraction of sp³-hybridized carbons (Fsp3) is 0.562. The highest BCUT2D eigenvalue weighted by atomic mass is 79.9. The summed E-state index contributed by atoms with van der Waals surface area (Å²) in [5.41, 5.74) is 1.52. The molecule has 0 unspecified atom stereocenters. The fourth-order valence-electron chi connectivity index (χ4n) is 2.71. The minimum Gasteiger partial charge on any atom is -0.346 e. The van der Waals surface area contributed by atoms with Gasteiger partial charge in [-0.3, -0.25) is 4.79 Å². The Bertz CT molecular complexity index is 495. The molecule has 0 aliphatic heterocycles. The van der Waals surface area contributed by atoms with Crippen molar-refractivity contribution in [3.05, 3.63) is 34.3 Å². The van der Waals surface area contributed by atoms with E-state index >= 15 is 0 Å². The second-order valence-electron chi connectivity index (χ2n) is 6.01. The lowest BCUT2D eigenvalue weighted by molar-refractivity contribution is 0.0874. The van der Waals surface area contributed by atoms with Crippen molar-refractivity contribution in [3.63, 3.8) is 0 Å². The van der Waals surface area contributed by atoms with E-state index in [1.54, 1.807) is 12.1 Å². The fourth-order valence-corrected chi connectivity index (χ4v) is 3.52. The van der Waals surface area contributed by atoms with E-state index in [4.69, 9.17) is 11.6 Å². The summed E-state index contributed by atoms with van der Waals surface area (Å²) in [5, 5.41) is 4.74. The highest BCUT2D eigenvalue weighted by molar-refractivity contribution is 9.09. The molecule has 1 saturated carbocycles. The Kier molecular flexibility index (Phi) is 5.14. The molecule has 4 heteroatoms. The van der Waals surface area contributed by atoms with Gasteiger partial charge in [0, 0.05) is 15.9 Å². The third-order valence-corrected chi connectivity index (χ3v) is 5.78. The van der Waals surface area contributed by atoms with E-state index < -0.39 is 0 Å². The molecular formula is C16H21BrClNO. The molecule has 1 fully saturated rings. The van der Waals surface area contributed by atoms with Crippen molar-refractivity contribution in [2.45, 2.75) is 45.1 Å². The summed E-state index contributed by atoms with van der Waals surface area (Å²) in [6, 6.07) is 5.43. The topological polar surface area (TPSA) is 29.1 Å². The first-order chi connectivity index (χ1) is 9.46. The van der Waals surface area contributed by atoms with E-state index in [1.807, 2.05) is 13.0 Å². The van der Waals surface area contributed by atoms with Crippen LogP contribution in [0.1, 0.15) is 48.5 Å². The maximum absolute atomic E-state index is 12.4. The van der Waals surface area contributed by atoms with Crippen LogP contribution in [-0.2, 0) is 0 Å². The van der Waals surface area contributed by atoms with E-state index in [-0.39, 0.29) is 11.4 Å². The number of carbonyl (C=O) groups excluding carboxylic acids is 1. The summed E-state index contributed by atoms with van der Waals surface area (Å²) in [6.07, 6.45) is 4.42. The number of nitrogens with one attached hydrogen (secondary N) is 1. The molecule has 0 spiro atoms. The molecule has 0 atom stereocenters. The van der Waals surface area contributed by atoms with Gasteiger partial charge >= 0.3 is 0 Å². The van der Waals surface area contributed by atoms with Crippen molar-refractivity contribution in [1.82, 2.24) is 5.32 Å². The molecule has 110 valence electrons. The van der Waals surface area contributed by atoms with Crippen LogP contribution in [0.3, 0.4) is 0 Å². The van der Waals surface area contributed by atoms with Crippen molar-refractivity contribution in [2.75, 3.05) is 5.33 Å². The highest BCUT2D eigenvalue weighted by Gasteiger charge is 2.34. The van der Waals surface area contributed by atoms with Crippen LogP contribution in [-0.4, -0.2) is 16.8 Å². The zero-order chi connectivity index (χ0) is 14.8. The SMILES string of the molecule is Cc1cc(C(=O)NC2(CBr)CCC(C)CC2)ccc1Cl. The molecular weight excluding hydrogens is 338 g/mol. The van der Waals surface area contributed by atoms with Crippen LogP contribution >= 0.6 is 27.5 Å². The Morgan fingerprint density at radius 3 is 2.65 bits per heavy atom. The molecule has 0 bridgehead atoms. The Hall–Kier alpha value is -0.540. The van der Waals surface area contributed by atoms with Crippen LogP contribution in [0, 0.1) is 12.8 Å². The highest BCUT2D eigenvalue weighted by Crippen LogP contribution is 2.33. The third-order valence-electron chi connectivity index (χ3n) is 4.29. The summed E-state index contributed by atoms with van der Waals surface area (Å²) in [6.45, 7) is 4.20. The molecule has 2 nitrogen and oxygen atoms in total. The van der Waals surface area contributed by atoms with Crippen LogP contribution in [0.2, 0.25) is 5.02 Å². The molecule has 1 N–H and O–H groups in total. The number of benzene rings is 1. The molecule has 0 radical (unpaired) electrons. The molecule has 1 aromatic rings. The van der Waals surface area contributed by atoms with Crippen molar-refractivity contribution >= 4 is 33.4 Å². The first-order valence-corrected chi connectivity index (χ1v) is 8.60. The van der Waals surface area contributed by atoms with Gasteiger partial charge in [0.2, 0.25) is 0 Å². The van der Waals surface area contributed by atoms with E-state index in [0.717, 1.165) is 29.7 Å². The van der Waals surface area contributed by atoms with E-state index in [0.29, 0.717) is 10.6 Å². The second kappa shape index (κ2) is 6.48. The summed E-state index contributed by atoms with van der Waals surface area (Å²) < 4.78 is 0. The lowest BCUT2D eigenvalue weighted by Gasteiger charge is -2.39. The Morgan fingerprint density at radius 2 is 2.10 bits per heavy atom. The summed E-state index contributed by atoms with van der Waals surface area (Å²) >= 11 is 9.59. The van der Waals surface area contributed by atoms with Crippen LogP contribution < -0.4 is 5.32 Å². The van der Waals surface area contributed by atoms with Gasteiger partial charge < -0.3 is 5.32 Å². The Morgan fingerprint density at radius 1 is 1.45 bits per heavy atom. The predicted octanol–water partition coefficient (Wildman–Crippen LogP) is 4.72. The van der Waals surface area contributed by atoms with E-state index in [1.165, 1.54) is 12.8 Å². The second-order valence-corrected chi connectivity index (χ2v) is 6.98. The molecule has 1 aromatic carbocycles. The van der Waals surface area contributed by atoms with Gasteiger partial charge in [-0.05, 0) is 62.3 Å². The quantitative estimate of drug-likeness (QED) is 0.778. The normalized spacial score (nSPS) is 26.3. The molecule has 0 aromatic heterocycles. The van der Waals surface area contributed by atoms with Gasteiger partial charge in [-0.2, -0.15) is 0 Å². The number of halogens is 2. The zero-order valence-corrected chi connectivity index (χ0v) is 14.4. The molecule has 0 saturated heterocycles. The number of alkyl halides is 1. The molecule has 2 rings (SSSR count). The van der Waals surface area contributed by atoms with Crippen LogP contribution in [0.25, 0.3) is 0 Å².